The molecule has 370 valence electrons. The Labute approximate surface area is 411 Å². The molecule has 4 aliphatic heterocycles. The minimum atomic E-state index is -1.59. The number of aliphatic hydroxyl groups excluding tert-OH is 1. The van der Waals surface area contributed by atoms with Gasteiger partial charge in [0.15, 0.2) is 29.2 Å². The van der Waals surface area contributed by atoms with Crippen LogP contribution in [0.15, 0.2) is 102 Å². The van der Waals surface area contributed by atoms with Gasteiger partial charge in [0.1, 0.15) is 17.6 Å². The van der Waals surface area contributed by atoms with Crippen LogP contribution < -0.4 is 33.3 Å². The van der Waals surface area contributed by atoms with Crippen molar-refractivity contribution in [1.29, 1.82) is 0 Å². The van der Waals surface area contributed by atoms with Crippen LogP contribution in [0.2, 0.25) is 0 Å². The maximum Gasteiger partial charge on any atom is 0.417 e. The summed E-state index contributed by atoms with van der Waals surface area (Å²) in [6.07, 6.45) is 8.08. The number of hydrogen-bond acceptors (Lipinski definition) is 13. The van der Waals surface area contributed by atoms with Gasteiger partial charge in [0, 0.05) is 43.6 Å². The van der Waals surface area contributed by atoms with Crippen LogP contribution in [-0.2, 0) is 9.53 Å². The Morgan fingerprint density at radius 2 is 1.32 bits per heavy atom. The number of amides is 3. The van der Waals surface area contributed by atoms with E-state index in [2.05, 4.69) is 0 Å². The van der Waals surface area contributed by atoms with Crippen molar-refractivity contribution >= 4 is 52.6 Å². The van der Waals surface area contributed by atoms with E-state index in [1.807, 2.05) is 42.6 Å². The van der Waals surface area contributed by atoms with Gasteiger partial charge >= 0.3 is 12.1 Å². The second kappa shape index (κ2) is 20.3. The van der Waals surface area contributed by atoms with E-state index in [0.29, 0.717) is 54.2 Å². The van der Waals surface area contributed by atoms with E-state index in [4.69, 9.17) is 38.2 Å². The van der Waals surface area contributed by atoms with Gasteiger partial charge in [0.25, 0.3) is 11.8 Å². The van der Waals surface area contributed by atoms with Crippen molar-refractivity contribution < 1.29 is 62.5 Å². The number of aliphatic imine (C=N–C) groups is 1. The number of nitrogens with zero attached hydrogens (tertiary/aromatic N) is 4. The largest absolute Gasteiger partial charge is 0.497 e. The fourth-order valence-corrected chi connectivity index (χ4v) is 9.58. The molecule has 1 aliphatic carbocycles. The van der Waals surface area contributed by atoms with Crippen LogP contribution in [0.25, 0.3) is 11.1 Å². The van der Waals surface area contributed by atoms with Crippen LogP contribution in [0.5, 0.6) is 34.5 Å². The van der Waals surface area contributed by atoms with Crippen molar-refractivity contribution in [3.8, 4) is 34.5 Å². The number of carbonyl (C=O) groups excluding carboxylic acids is 3. The topological polar surface area (TPSA) is 195 Å². The molecule has 3 amide bonds. The van der Waals surface area contributed by atoms with Crippen molar-refractivity contribution in [2.24, 2.45) is 10.4 Å². The van der Waals surface area contributed by atoms with Gasteiger partial charge in [0.2, 0.25) is 0 Å². The van der Waals surface area contributed by atoms with Gasteiger partial charge in [-0.15, -0.1) is 0 Å². The zero-order valence-electron chi connectivity index (χ0n) is 40.2. The third-order valence-corrected chi connectivity index (χ3v) is 13.8. The van der Waals surface area contributed by atoms with E-state index in [-0.39, 0.29) is 67.2 Å². The maximum absolute atomic E-state index is 14.6. The van der Waals surface area contributed by atoms with Crippen molar-refractivity contribution in [3.63, 3.8) is 0 Å². The highest BCUT2D eigenvalue weighted by Gasteiger charge is 2.46. The number of allylic oxidation sites excluding steroid dienone is 1. The average Bonchev–Trinajstić information content (AvgIpc) is 3.99. The Kier molecular flexibility index (Phi) is 13.8. The Bertz CT molecular complexity index is 2840. The van der Waals surface area contributed by atoms with E-state index >= 15 is 0 Å². The molecule has 17 heteroatoms. The zero-order chi connectivity index (χ0) is 50.0. The summed E-state index contributed by atoms with van der Waals surface area (Å²) in [5.41, 5.74) is 3.47. The summed E-state index contributed by atoms with van der Waals surface area (Å²) in [4.78, 5) is 64.1. The lowest BCUT2D eigenvalue weighted by Crippen LogP contribution is -2.51. The quantitative estimate of drug-likeness (QED) is 0.0901. The Morgan fingerprint density at radius 3 is 1.94 bits per heavy atom. The van der Waals surface area contributed by atoms with Crippen LogP contribution in [-0.4, -0.2) is 116 Å². The first-order chi connectivity index (χ1) is 34.3. The molecule has 5 atom stereocenters. The lowest BCUT2D eigenvalue weighted by atomic mass is 9.79. The molecular formula is C54H56N4O13. The monoisotopic (exact) mass is 968 g/mol. The summed E-state index contributed by atoms with van der Waals surface area (Å²) in [5.74, 6) is 0.901. The number of rotatable bonds is 14. The predicted octanol–water partition coefficient (Wildman–Crippen LogP) is 8.66. The first-order valence-electron chi connectivity index (χ1n) is 23.5. The summed E-state index contributed by atoms with van der Waals surface area (Å²) >= 11 is 0. The van der Waals surface area contributed by atoms with Crippen LogP contribution in [0, 0.1) is 5.41 Å². The van der Waals surface area contributed by atoms with Crippen LogP contribution in [0.1, 0.15) is 83.7 Å². The number of methoxy groups -OCH3 is 4. The van der Waals surface area contributed by atoms with Crippen LogP contribution >= 0.6 is 0 Å². The average molecular weight is 969 g/mol. The van der Waals surface area contributed by atoms with E-state index < -0.39 is 41.8 Å². The Balaban J connectivity index is 0.930. The molecule has 17 nitrogen and oxygen atoms in total. The fraction of sp³-hybridized carbons (Fsp3) is 0.352. The van der Waals surface area contributed by atoms with Gasteiger partial charge < -0.3 is 53.2 Å². The molecule has 4 heterocycles. The van der Waals surface area contributed by atoms with E-state index in [1.54, 1.807) is 74.9 Å². The van der Waals surface area contributed by atoms with Crippen LogP contribution in [0.4, 0.5) is 16.2 Å². The van der Waals surface area contributed by atoms with Crippen LogP contribution in [0.3, 0.4) is 0 Å². The van der Waals surface area contributed by atoms with E-state index in [1.165, 1.54) is 31.3 Å². The second-order valence-electron chi connectivity index (χ2n) is 18.2. The van der Waals surface area contributed by atoms with E-state index in [0.717, 1.165) is 32.9 Å². The van der Waals surface area contributed by atoms with Gasteiger partial charge in [0.05, 0.1) is 81.7 Å². The van der Waals surface area contributed by atoms with Crippen molar-refractivity contribution in [3.05, 3.63) is 120 Å². The SMILES string of the molecule is COc1ccc(C2=CN3C(=O)c4cc(OC)c(OCCCOc5cc6c(cc5OC)C(=O)N5C=C(c7ccc(OC)cc7)C[C@H]5C(O)N6C(=O)O[C@H]5/C=C/CC[C@@](C)(C(=O)O)CC5)cc4N=C[C@@H]3C2)cc1. The predicted molar refractivity (Wildman–Crippen MR) is 263 cm³/mol. The highest BCUT2D eigenvalue weighted by molar-refractivity contribution is 6.07. The molecule has 0 spiro atoms. The summed E-state index contributed by atoms with van der Waals surface area (Å²) in [6.45, 7) is 1.94. The number of aliphatic hydroxyl groups is 1. The molecule has 4 aromatic rings. The third kappa shape index (κ3) is 9.61. The minimum Gasteiger partial charge on any atom is -0.497 e. The number of ether oxygens (including phenoxy) is 7. The molecule has 0 aromatic heterocycles. The summed E-state index contributed by atoms with van der Waals surface area (Å²) in [6, 6.07) is 20.1. The number of anilines is 1. The van der Waals surface area contributed by atoms with Crippen molar-refractivity contribution in [2.45, 2.75) is 76.3 Å². The maximum atomic E-state index is 14.6. The molecule has 0 radical (unpaired) electrons. The lowest BCUT2D eigenvalue weighted by molar-refractivity contribution is -0.149. The molecule has 9 rings (SSSR count). The minimum absolute atomic E-state index is 0.0382. The van der Waals surface area contributed by atoms with Gasteiger partial charge in [-0.1, -0.05) is 30.3 Å². The highest BCUT2D eigenvalue weighted by Crippen LogP contribution is 2.45. The normalized spacial score (nSPS) is 22.8. The Morgan fingerprint density at radius 1 is 0.732 bits per heavy atom. The highest BCUT2D eigenvalue weighted by atomic mass is 16.6. The smallest absolute Gasteiger partial charge is 0.417 e. The molecule has 0 saturated heterocycles. The molecule has 5 aliphatic rings. The van der Waals surface area contributed by atoms with E-state index in [9.17, 15) is 29.4 Å². The lowest BCUT2D eigenvalue weighted by Gasteiger charge is -2.33. The number of benzene rings is 4. The first kappa shape index (κ1) is 48.2. The summed E-state index contributed by atoms with van der Waals surface area (Å²) in [5, 5.41) is 22.2. The third-order valence-electron chi connectivity index (χ3n) is 13.8. The summed E-state index contributed by atoms with van der Waals surface area (Å²) in [7, 11) is 6.12. The molecule has 2 N–H and O–H groups in total. The number of hydrogen-bond donors (Lipinski definition) is 2. The second-order valence-corrected chi connectivity index (χ2v) is 18.2. The van der Waals surface area contributed by atoms with Crippen molar-refractivity contribution in [2.75, 3.05) is 46.6 Å². The van der Waals surface area contributed by atoms with Crippen molar-refractivity contribution in [1.82, 2.24) is 9.80 Å². The molecule has 0 saturated carbocycles. The van der Waals surface area contributed by atoms with Gasteiger partial charge in [-0.2, -0.15) is 0 Å². The number of aliphatic carboxylic acids is 1. The number of carboxylic acids is 1. The Hall–Kier alpha value is -7.79. The molecule has 0 fully saturated rings. The molecule has 4 aromatic carbocycles. The molecule has 71 heavy (non-hydrogen) atoms. The molecular weight excluding hydrogens is 913 g/mol. The zero-order valence-corrected chi connectivity index (χ0v) is 40.2. The first-order valence-corrected chi connectivity index (χ1v) is 23.5. The molecule has 1 unspecified atom stereocenters. The number of carboxylic acid groups (broad SMARTS) is 1. The standard InChI is InChI=1S/C54H56N4O13/c1-54(52(62)63)19-7-6-9-39(18-20-54)71-53(64)58-43-28-48(46(68-5)26-41(43)50(60)57-31-35(24-44(57)51(58)61)33-12-16-38(66-3)17-13-33)70-22-8-21-69-47-27-42-40(25-45(47)67-4)49(59)56-30-34(23-36(56)29-55-42)32-10-14-37(65-2)15-11-32/h6,9-17,25-31,36,39,44,51,61H,7-8,18-24H2,1-5H3,(H,62,63)/b9-6+/t36-,39-,44-,51?,54+/m0/s1. The summed E-state index contributed by atoms with van der Waals surface area (Å²) < 4.78 is 40.6. The number of fused-ring (bicyclic) bond motifs is 4. The van der Waals surface area contributed by atoms with Gasteiger partial charge in [-0.25, -0.2) is 9.69 Å². The van der Waals surface area contributed by atoms with Gasteiger partial charge in [-0.05, 0) is 104 Å². The molecule has 0 bridgehead atoms. The van der Waals surface area contributed by atoms with Gasteiger partial charge in [-0.3, -0.25) is 19.4 Å². The number of carbonyl (C=O) groups is 4. The fourth-order valence-electron chi connectivity index (χ4n) is 9.58.